The maximum atomic E-state index is 13.0. The van der Waals surface area contributed by atoms with E-state index in [1.54, 1.807) is 18.2 Å². The third-order valence-electron chi connectivity index (χ3n) is 4.36. The highest BCUT2D eigenvalue weighted by molar-refractivity contribution is 9.10. The number of hydrogen-bond donors (Lipinski definition) is 1. The van der Waals surface area contributed by atoms with Gasteiger partial charge in [0.2, 0.25) is 0 Å². The number of carbonyl (C=O) groups excluding carboxylic acids is 3. The number of nitrogens with one attached hydrogen (secondary N) is 1. The van der Waals surface area contributed by atoms with Crippen molar-refractivity contribution in [2.75, 3.05) is 4.90 Å². The molecule has 2 aromatic carbocycles. The second-order valence-electron chi connectivity index (χ2n) is 6.21. The van der Waals surface area contributed by atoms with E-state index in [0.29, 0.717) is 16.4 Å². The molecule has 4 rings (SSSR count). The fraction of sp³-hybridized carbons (Fsp3) is 0. The minimum atomic E-state index is -0.803. The van der Waals surface area contributed by atoms with Crippen molar-refractivity contribution in [3.63, 3.8) is 0 Å². The Bertz CT molecular complexity index is 1150. The molecule has 1 saturated heterocycles. The molecule has 0 bridgehead atoms. The van der Waals surface area contributed by atoms with Crippen molar-refractivity contribution in [1.82, 2.24) is 9.88 Å². The number of halogens is 2. The number of nitrogens with zero attached hydrogens (tertiary/aromatic N) is 2. The van der Waals surface area contributed by atoms with Gasteiger partial charge in [-0.2, -0.15) is 0 Å². The molecule has 0 spiro atoms. The number of hydrogen-bond acceptors (Lipinski definition) is 3. The van der Waals surface area contributed by atoms with Crippen LogP contribution in [0.2, 0.25) is 5.02 Å². The first-order valence-electron chi connectivity index (χ1n) is 8.54. The molecule has 0 radical (unpaired) electrons. The molecule has 0 aliphatic carbocycles. The van der Waals surface area contributed by atoms with Crippen molar-refractivity contribution in [3.8, 4) is 5.69 Å². The molecule has 1 aliphatic rings. The summed E-state index contributed by atoms with van der Waals surface area (Å²) >= 11 is 9.28. The van der Waals surface area contributed by atoms with Gasteiger partial charge in [0.15, 0.2) is 0 Å². The van der Waals surface area contributed by atoms with E-state index in [9.17, 15) is 14.4 Å². The van der Waals surface area contributed by atoms with E-state index >= 15 is 0 Å². The first-order valence-corrected chi connectivity index (χ1v) is 9.71. The Morgan fingerprint density at radius 1 is 0.897 bits per heavy atom. The van der Waals surface area contributed by atoms with Crippen molar-refractivity contribution in [3.05, 3.63) is 87.6 Å². The number of aromatic nitrogens is 1. The number of anilines is 1. The van der Waals surface area contributed by atoms with Gasteiger partial charge in [-0.1, -0.05) is 27.5 Å². The number of barbiturate groups is 1. The van der Waals surface area contributed by atoms with E-state index < -0.39 is 17.8 Å². The van der Waals surface area contributed by atoms with Gasteiger partial charge >= 0.3 is 6.03 Å². The lowest BCUT2D eigenvalue weighted by Crippen LogP contribution is -2.54. The standard InChI is InChI=1S/C21H13BrClN3O3/c22-13-3-7-15(8-4-13)25-11-1-2-17(25)12-18-19(27)24-21(29)26(20(18)28)16-9-5-14(23)6-10-16/h1-12H,(H,24,27,29)/b18-12+. The number of carbonyl (C=O) groups is 3. The number of amides is 4. The van der Waals surface area contributed by atoms with Gasteiger partial charge in [-0.15, -0.1) is 0 Å². The van der Waals surface area contributed by atoms with Crippen LogP contribution >= 0.6 is 27.5 Å². The molecule has 1 N–H and O–H groups in total. The van der Waals surface area contributed by atoms with Crippen molar-refractivity contribution in [2.24, 2.45) is 0 Å². The lowest BCUT2D eigenvalue weighted by molar-refractivity contribution is -0.122. The summed E-state index contributed by atoms with van der Waals surface area (Å²) in [6.45, 7) is 0. The second-order valence-corrected chi connectivity index (χ2v) is 7.57. The van der Waals surface area contributed by atoms with Gasteiger partial charge in [0.1, 0.15) is 5.57 Å². The molecule has 1 aromatic heterocycles. The van der Waals surface area contributed by atoms with Crippen LogP contribution in [0.15, 0.2) is 76.9 Å². The average molecular weight is 471 g/mol. The molecule has 0 unspecified atom stereocenters. The highest BCUT2D eigenvalue weighted by Crippen LogP contribution is 2.24. The summed E-state index contributed by atoms with van der Waals surface area (Å²) in [6.07, 6.45) is 3.29. The highest BCUT2D eigenvalue weighted by Gasteiger charge is 2.36. The van der Waals surface area contributed by atoms with Gasteiger partial charge in [0.25, 0.3) is 11.8 Å². The van der Waals surface area contributed by atoms with Gasteiger partial charge in [0, 0.05) is 27.1 Å². The van der Waals surface area contributed by atoms with Crippen LogP contribution < -0.4 is 10.2 Å². The molecule has 0 atom stereocenters. The summed E-state index contributed by atoms with van der Waals surface area (Å²) in [5.41, 5.74) is 1.66. The van der Waals surface area contributed by atoms with E-state index in [1.807, 2.05) is 41.1 Å². The fourth-order valence-corrected chi connectivity index (χ4v) is 3.37. The monoisotopic (exact) mass is 469 g/mol. The molecule has 8 heteroatoms. The summed E-state index contributed by atoms with van der Waals surface area (Å²) < 4.78 is 2.77. The number of imide groups is 2. The molecule has 144 valence electrons. The van der Waals surface area contributed by atoms with Gasteiger partial charge in [-0.3, -0.25) is 14.9 Å². The van der Waals surface area contributed by atoms with Crippen LogP contribution in [0.1, 0.15) is 5.69 Å². The average Bonchev–Trinajstić information content (AvgIpc) is 3.15. The molecule has 2 heterocycles. The first kappa shape index (κ1) is 19.2. The lowest BCUT2D eigenvalue weighted by Gasteiger charge is -2.26. The van der Waals surface area contributed by atoms with E-state index in [4.69, 9.17) is 11.6 Å². The maximum absolute atomic E-state index is 13.0. The summed E-state index contributed by atoms with van der Waals surface area (Å²) in [7, 11) is 0. The van der Waals surface area contributed by atoms with E-state index in [0.717, 1.165) is 15.1 Å². The SMILES string of the molecule is O=C1NC(=O)N(c2ccc(Cl)cc2)C(=O)/C1=C/c1cccn1-c1ccc(Br)cc1. The Hall–Kier alpha value is -3.16. The summed E-state index contributed by atoms with van der Waals surface area (Å²) in [5.74, 6) is -1.45. The normalized spacial score (nSPS) is 15.7. The van der Waals surface area contributed by atoms with Crippen LogP contribution in [-0.4, -0.2) is 22.4 Å². The first-order chi connectivity index (χ1) is 13.9. The summed E-state index contributed by atoms with van der Waals surface area (Å²) in [4.78, 5) is 38.5. The van der Waals surface area contributed by atoms with Crippen molar-refractivity contribution in [1.29, 1.82) is 0 Å². The lowest BCUT2D eigenvalue weighted by atomic mass is 10.1. The predicted molar refractivity (Wildman–Crippen MR) is 114 cm³/mol. The van der Waals surface area contributed by atoms with E-state index in [1.165, 1.54) is 18.2 Å². The van der Waals surface area contributed by atoms with E-state index in [-0.39, 0.29) is 5.57 Å². The zero-order chi connectivity index (χ0) is 20.5. The minimum Gasteiger partial charge on any atom is -0.317 e. The summed E-state index contributed by atoms with van der Waals surface area (Å²) in [6, 6.07) is 16.6. The topological polar surface area (TPSA) is 71.4 Å². The van der Waals surface area contributed by atoms with E-state index in [2.05, 4.69) is 21.2 Å². The summed E-state index contributed by atoms with van der Waals surface area (Å²) in [5, 5.41) is 2.68. The van der Waals surface area contributed by atoms with Gasteiger partial charge in [-0.05, 0) is 66.7 Å². The molecule has 4 amide bonds. The Labute approximate surface area is 179 Å². The third kappa shape index (κ3) is 3.74. The molecule has 0 saturated carbocycles. The molecule has 1 aliphatic heterocycles. The zero-order valence-electron chi connectivity index (χ0n) is 14.8. The number of rotatable bonds is 3. The predicted octanol–water partition coefficient (Wildman–Crippen LogP) is 4.56. The van der Waals surface area contributed by atoms with Crippen LogP contribution in [0.25, 0.3) is 11.8 Å². The molecular formula is C21H13BrClN3O3. The van der Waals surface area contributed by atoms with Gasteiger partial charge in [0.05, 0.1) is 5.69 Å². The smallest absolute Gasteiger partial charge is 0.317 e. The van der Waals surface area contributed by atoms with Crippen molar-refractivity contribution < 1.29 is 14.4 Å². The number of urea groups is 1. The van der Waals surface area contributed by atoms with Crippen LogP contribution in [0.4, 0.5) is 10.5 Å². The molecule has 1 fully saturated rings. The van der Waals surface area contributed by atoms with Crippen LogP contribution in [-0.2, 0) is 9.59 Å². The Morgan fingerprint density at radius 3 is 2.24 bits per heavy atom. The quantitative estimate of drug-likeness (QED) is 0.451. The number of benzene rings is 2. The third-order valence-corrected chi connectivity index (χ3v) is 5.14. The van der Waals surface area contributed by atoms with Crippen molar-refractivity contribution >= 4 is 57.1 Å². The maximum Gasteiger partial charge on any atom is 0.335 e. The largest absolute Gasteiger partial charge is 0.335 e. The Balaban J connectivity index is 1.73. The Kier molecular flexibility index (Phi) is 5.08. The van der Waals surface area contributed by atoms with Crippen molar-refractivity contribution in [2.45, 2.75) is 0 Å². The van der Waals surface area contributed by atoms with Gasteiger partial charge in [-0.25, -0.2) is 9.69 Å². The minimum absolute atomic E-state index is 0.142. The van der Waals surface area contributed by atoms with Gasteiger partial charge < -0.3 is 4.57 Å². The van der Waals surface area contributed by atoms with Crippen LogP contribution in [0.5, 0.6) is 0 Å². The molecular weight excluding hydrogens is 458 g/mol. The Morgan fingerprint density at radius 2 is 1.55 bits per heavy atom. The fourth-order valence-electron chi connectivity index (χ4n) is 2.98. The molecule has 3 aromatic rings. The molecule has 29 heavy (non-hydrogen) atoms. The zero-order valence-corrected chi connectivity index (χ0v) is 17.1. The highest BCUT2D eigenvalue weighted by atomic mass is 79.9. The van der Waals surface area contributed by atoms with Crippen LogP contribution in [0.3, 0.4) is 0 Å². The van der Waals surface area contributed by atoms with Crippen LogP contribution in [0, 0.1) is 0 Å². The second kappa shape index (κ2) is 7.69. The molecule has 6 nitrogen and oxygen atoms in total.